The minimum atomic E-state index is -1.22. The van der Waals surface area contributed by atoms with Gasteiger partial charge in [-0.2, -0.15) is 0 Å². The van der Waals surface area contributed by atoms with Crippen LogP contribution >= 0.6 is 0 Å². The van der Waals surface area contributed by atoms with Crippen LogP contribution in [0.2, 0.25) is 0 Å². The number of aliphatic carboxylic acids is 2. The number of carbonyl (C=O) groups is 2. The first-order valence-corrected chi connectivity index (χ1v) is 10.2. The van der Waals surface area contributed by atoms with Gasteiger partial charge in [0.05, 0.1) is 12.5 Å². The molecule has 6 heteroatoms. The molecule has 0 aliphatic rings. The molecule has 26 heavy (non-hydrogen) atoms. The van der Waals surface area contributed by atoms with Gasteiger partial charge in [-0.15, -0.1) is 0 Å². The van der Waals surface area contributed by atoms with Crippen molar-refractivity contribution in [3.8, 4) is 0 Å². The third-order valence-electron chi connectivity index (χ3n) is 4.54. The minimum Gasteiger partial charge on any atom is -0.549 e. The Morgan fingerprint density at radius 2 is 1.12 bits per heavy atom. The molecule has 148 valence electrons. The van der Waals surface area contributed by atoms with Crippen LogP contribution in [0.25, 0.3) is 0 Å². The number of carbonyl (C=O) groups excluding carboxylic acids is 1. The summed E-state index contributed by atoms with van der Waals surface area (Å²) in [4.78, 5) is 22.7. The number of carboxylic acid groups (broad SMARTS) is 2. The van der Waals surface area contributed by atoms with Crippen LogP contribution < -0.4 is 34.7 Å². The van der Waals surface area contributed by atoms with Gasteiger partial charge in [0, 0.05) is 6.54 Å². The molecule has 0 aromatic carbocycles. The van der Waals surface area contributed by atoms with Gasteiger partial charge in [0.15, 0.2) is 0 Å². The Labute approximate surface area is 182 Å². The summed E-state index contributed by atoms with van der Waals surface area (Å²) < 4.78 is 0. The topological polar surface area (TPSA) is 80.7 Å². The molecule has 0 fully saturated rings. The first kappa shape index (κ1) is 28.1. The smallest absolute Gasteiger partial charge is 0.549 e. The normalized spacial score (nSPS) is 10.7. The van der Waals surface area contributed by atoms with E-state index in [0.717, 1.165) is 19.3 Å². The quantitative estimate of drug-likeness (QED) is 0.263. The summed E-state index contributed by atoms with van der Waals surface area (Å²) in [5.74, 6) is -2.21. The number of nitrogens with zero attached hydrogens (tertiary/aromatic N) is 1. The van der Waals surface area contributed by atoms with Crippen LogP contribution in [0.4, 0.5) is 0 Å². The van der Waals surface area contributed by atoms with E-state index in [4.69, 9.17) is 5.11 Å². The fourth-order valence-electron chi connectivity index (χ4n) is 3.12. The van der Waals surface area contributed by atoms with E-state index in [1.54, 1.807) is 0 Å². The van der Waals surface area contributed by atoms with Crippen LogP contribution in [0.15, 0.2) is 0 Å². The number of rotatable bonds is 19. The predicted molar refractivity (Wildman–Crippen MR) is 99.4 cm³/mol. The van der Waals surface area contributed by atoms with Gasteiger partial charge in [0.25, 0.3) is 0 Å². The van der Waals surface area contributed by atoms with Crippen LogP contribution in [0.5, 0.6) is 0 Å². The van der Waals surface area contributed by atoms with Crippen molar-refractivity contribution in [1.29, 1.82) is 0 Å². The van der Waals surface area contributed by atoms with E-state index in [9.17, 15) is 14.7 Å². The van der Waals surface area contributed by atoms with Crippen molar-refractivity contribution < 1.29 is 49.4 Å². The second-order valence-corrected chi connectivity index (χ2v) is 7.07. The zero-order valence-electron chi connectivity index (χ0n) is 17.1. The Morgan fingerprint density at radius 1 is 0.731 bits per heavy atom. The van der Waals surface area contributed by atoms with Gasteiger partial charge in [0.2, 0.25) is 0 Å². The second-order valence-electron chi connectivity index (χ2n) is 7.07. The van der Waals surface area contributed by atoms with Crippen molar-refractivity contribution >= 4 is 11.9 Å². The van der Waals surface area contributed by atoms with E-state index in [1.165, 1.54) is 75.5 Å². The van der Waals surface area contributed by atoms with E-state index < -0.39 is 11.9 Å². The Hall–Kier alpha value is -0.100. The largest absolute Gasteiger partial charge is 1.00 e. The Bertz CT molecular complexity index is 324. The molecule has 5 nitrogen and oxygen atoms in total. The molecule has 0 radical (unpaired) electrons. The fourth-order valence-corrected chi connectivity index (χ4v) is 3.12. The minimum absolute atomic E-state index is 0. The maximum absolute atomic E-state index is 10.7. The van der Waals surface area contributed by atoms with Crippen molar-refractivity contribution in [1.82, 2.24) is 4.90 Å². The third-order valence-corrected chi connectivity index (χ3v) is 4.54. The molecule has 0 unspecified atom stereocenters. The van der Waals surface area contributed by atoms with Crippen molar-refractivity contribution in [3.05, 3.63) is 0 Å². The average Bonchev–Trinajstić information content (AvgIpc) is 2.54. The molecule has 0 bridgehead atoms. The molecule has 0 spiro atoms. The van der Waals surface area contributed by atoms with Crippen LogP contribution in [0.3, 0.4) is 0 Å². The molecular formula is C20H38NNaO4. The number of hydrogen-bond acceptors (Lipinski definition) is 4. The van der Waals surface area contributed by atoms with Gasteiger partial charge in [-0.05, 0) is 13.0 Å². The van der Waals surface area contributed by atoms with E-state index >= 15 is 0 Å². The van der Waals surface area contributed by atoms with E-state index in [2.05, 4.69) is 6.92 Å². The second kappa shape index (κ2) is 21.2. The maximum Gasteiger partial charge on any atom is 1.00 e. The SMILES string of the molecule is CCCCCCCCCCCCCCCCN(CC(=O)[O-])CC(=O)O.[Na+]. The Balaban J connectivity index is 0. The molecule has 0 atom stereocenters. The Morgan fingerprint density at radius 3 is 1.46 bits per heavy atom. The van der Waals surface area contributed by atoms with Gasteiger partial charge < -0.3 is 15.0 Å². The van der Waals surface area contributed by atoms with Crippen LogP contribution in [-0.2, 0) is 9.59 Å². The molecule has 0 saturated heterocycles. The summed E-state index contributed by atoms with van der Waals surface area (Å²) in [5.41, 5.74) is 0. The van der Waals surface area contributed by atoms with Crippen molar-refractivity contribution in [2.45, 2.75) is 96.8 Å². The maximum atomic E-state index is 10.7. The van der Waals surface area contributed by atoms with Gasteiger partial charge in [-0.25, -0.2) is 0 Å². The molecule has 0 rings (SSSR count). The van der Waals surface area contributed by atoms with E-state index in [-0.39, 0.29) is 42.6 Å². The van der Waals surface area contributed by atoms with E-state index in [0.29, 0.717) is 6.54 Å². The third kappa shape index (κ3) is 21.9. The molecule has 0 amide bonds. The standard InChI is InChI=1S/C20H39NO4.Na/c1-2-3-4-5-6-7-8-9-10-11-12-13-14-15-16-21(17-19(22)23)18-20(24)25;/h2-18H2,1H3,(H,22,23)(H,24,25);/q;+1/p-1. The van der Waals surface area contributed by atoms with Crippen molar-refractivity contribution in [3.63, 3.8) is 0 Å². The van der Waals surface area contributed by atoms with Gasteiger partial charge in [-0.1, -0.05) is 90.4 Å². The Kier molecular flexibility index (Phi) is 22.9. The summed E-state index contributed by atoms with van der Waals surface area (Å²) in [6.07, 6.45) is 17.8. The molecule has 1 N–H and O–H groups in total. The molecule has 0 aromatic heterocycles. The summed E-state index contributed by atoms with van der Waals surface area (Å²) in [6, 6.07) is 0. The van der Waals surface area contributed by atoms with E-state index in [1.807, 2.05) is 0 Å². The van der Waals surface area contributed by atoms with Crippen LogP contribution in [0.1, 0.15) is 96.8 Å². The van der Waals surface area contributed by atoms with Crippen LogP contribution in [0, 0.1) is 0 Å². The average molecular weight is 380 g/mol. The molecular weight excluding hydrogens is 341 g/mol. The predicted octanol–water partition coefficient (Wildman–Crippen LogP) is 0.608. The molecule has 0 heterocycles. The van der Waals surface area contributed by atoms with Crippen molar-refractivity contribution in [2.75, 3.05) is 19.6 Å². The first-order chi connectivity index (χ1) is 12.1. The van der Waals surface area contributed by atoms with Gasteiger partial charge in [0.1, 0.15) is 0 Å². The number of unbranched alkanes of at least 4 members (excludes halogenated alkanes) is 13. The molecule has 0 aliphatic carbocycles. The monoisotopic (exact) mass is 379 g/mol. The summed E-state index contributed by atoms with van der Waals surface area (Å²) in [7, 11) is 0. The number of hydrogen-bond donors (Lipinski definition) is 1. The van der Waals surface area contributed by atoms with Crippen molar-refractivity contribution in [2.24, 2.45) is 0 Å². The summed E-state index contributed by atoms with van der Waals surface area (Å²) in [6.45, 7) is 2.23. The molecule has 0 saturated carbocycles. The van der Waals surface area contributed by atoms with Gasteiger partial charge >= 0.3 is 35.5 Å². The summed E-state index contributed by atoms with van der Waals surface area (Å²) in [5, 5.41) is 19.4. The number of carboxylic acids is 2. The zero-order valence-corrected chi connectivity index (χ0v) is 19.1. The summed E-state index contributed by atoms with van der Waals surface area (Å²) >= 11 is 0. The fraction of sp³-hybridized carbons (Fsp3) is 0.900. The van der Waals surface area contributed by atoms with Crippen LogP contribution in [-0.4, -0.2) is 41.6 Å². The molecule has 0 aliphatic heterocycles. The first-order valence-electron chi connectivity index (χ1n) is 10.2. The molecule has 0 aromatic rings. The van der Waals surface area contributed by atoms with Gasteiger partial charge in [-0.3, -0.25) is 9.69 Å². The zero-order chi connectivity index (χ0) is 18.8.